The molecule has 1 aromatic carbocycles. The number of benzene rings is 1. The normalized spacial score (nSPS) is 26.6. The van der Waals surface area contributed by atoms with Gasteiger partial charge in [-0.2, -0.15) is 0 Å². The second-order valence-electron chi connectivity index (χ2n) is 7.16. The van der Waals surface area contributed by atoms with Gasteiger partial charge in [0.15, 0.2) is 5.17 Å². The molecular formula is C17H23N3O3S. The topological polar surface area (TPSA) is 88.2 Å². The van der Waals surface area contributed by atoms with Gasteiger partial charge < -0.3 is 15.6 Å². The number of fused-ring (bicyclic) bond motifs is 1. The molecule has 2 aliphatic rings. The molecule has 0 bridgehead atoms. The monoisotopic (exact) mass is 349 g/mol. The van der Waals surface area contributed by atoms with Gasteiger partial charge in [-0.05, 0) is 38.5 Å². The van der Waals surface area contributed by atoms with Crippen LogP contribution < -0.4 is 5.73 Å². The number of nitrogen functional groups attached to an aromatic ring is 1. The molecule has 0 spiro atoms. The molecule has 2 atom stereocenters. The van der Waals surface area contributed by atoms with Crippen LogP contribution in [0.2, 0.25) is 0 Å². The number of nitrogens with zero attached hydrogens (tertiary/aromatic N) is 2. The number of amidine groups is 1. The number of carboxylic acid groups (broad SMARTS) is 1. The van der Waals surface area contributed by atoms with Gasteiger partial charge in [0.2, 0.25) is 0 Å². The molecule has 3 rings (SSSR count). The van der Waals surface area contributed by atoms with Crippen molar-refractivity contribution in [3.63, 3.8) is 0 Å². The first-order valence-electron chi connectivity index (χ1n) is 7.97. The summed E-state index contributed by atoms with van der Waals surface area (Å²) < 4.78 is 5.64. The lowest BCUT2D eigenvalue weighted by Crippen LogP contribution is -2.47. The standard InChI is InChI=1S/C17H23N3O3S/c1-16(2,3)20(15(21)22)14-19-17(7-8-23-10-13(17)24-14)11-5-4-6-12(18)9-11/h4-6,9,13H,7-8,10,18H2,1-3H3,(H,21,22). The number of thioether (sulfide) groups is 1. The van der Waals surface area contributed by atoms with Gasteiger partial charge >= 0.3 is 6.09 Å². The zero-order chi connectivity index (χ0) is 17.5. The van der Waals surface area contributed by atoms with Crippen LogP contribution in [-0.4, -0.2) is 45.3 Å². The zero-order valence-corrected chi connectivity index (χ0v) is 15.0. The fraction of sp³-hybridized carbons (Fsp3) is 0.529. The predicted molar refractivity (Wildman–Crippen MR) is 96.4 cm³/mol. The molecule has 0 aromatic heterocycles. The smallest absolute Gasteiger partial charge is 0.413 e. The zero-order valence-electron chi connectivity index (χ0n) is 14.2. The van der Waals surface area contributed by atoms with Crippen LogP contribution in [-0.2, 0) is 10.3 Å². The summed E-state index contributed by atoms with van der Waals surface area (Å²) in [7, 11) is 0. The number of hydrogen-bond donors (Lipinski definition) is 2. The van der Waals surface area contributed by atoms with Gasteiger partial charge in [-0.3, -0.25) is 4.90 Å². The van der Waals surface area contributed by atoms with Crippen LogP contribution in [0.4, 0.5) is 10.5 Å². The van der Waals surface area contributed by atoms with E-state index in [2.05, 4.69) is 0 Å². The summed E-state index contributed by atoms with van der Waals surface area (Å²) in [6.45, 7) is 6.76. The average molecular weight is 349 g/mol. The molecule has 1 fully saturated rings. The van der Waals surface area contributed by atoms with E-state index in [9.17, 15) is 9.90 Å². The summed E-state index contributed by atoms with van der Waals surface area (Å²) >= 11 is 1.49. The van der Waals surface area contributed by atoms with Crippen molar-refractivity contribution >= 4 is 28.7 Å². The van der Waals surface area contributed by atoms with Crippen molar-refractivity contribution in [2.75, 3.05) is 18.9 Å². The minimum absolute atomic E-state index is 0.0484. The molecule has 3 N–H and O–H groups in total. The summed E-state index contributed by atoms with van der Waals surface area (Å²) in [5.74, 6) is 0. The molecule has 2 unspecified atom stereocenters. The Morgan fingerprint density at radius 1 is 1.50 bits per heavy atom. The van der Waals surface area contributed by atoms with E-state index in [-0.39, 0.29) is 5.25 Å². The van der Waals surface area contributed by atoms with Crippen LogP contribution in [0.15, 0.2) is 29.3 Å². The highest BCUT2D eigenvalue weighted by atomic mass is 32.2. The maximum atomic E-state index is 11.8. The molecule has 130 valence electrons. The van der Waals surface area contributed by atoms with E-state index in [1.165, 1.54) is 16.7 Å². The van der Waals surface area contributed by atoms with Gasteiger partial charge in [-0.15, -0.1) is 0 Å². The third kappa shape index (κ3) is 2.86. The third-order valence-corrected chi connectivity index (χ3v) is 5.71. The minimum atomic E-state index is -0.990. The van der Waals surface area contributed by atoms with Crippen molar-refractivity contribution in [3.05, 3.63) is 29.8 Å². The Balaban J connectivity index is 2.08. The van der Waals surface area contributed by atoms with E-state index in [1.54, 1.807) is 0 Å². The van der Waals surface area contributed by atoms with E-state index >= 15 is 0 Å². The number of rotatable bonds is 1. The first-order valence-corrected chi connectivity index (χ1v) is 8.85. The first kappa shape index (κ1) is 17.1. The minimum Gasteiger partial charge on any atom is -0.465 e. The number of ether oxygens (including phenoxy) is 1. The van der Waals surface area contributed by atoms with E-state index in [4.69, 9.17) is 15.5 Å². The highest BCUT2D eigenvalue weighted by molar-refractivity contribution is 8.14. The number of hydrogen-bond acceptors (Lipinski definition) is 5. The summed E-state index contributed by atoms with van der Waals surface area (Å²) in [6, 6.07) is 7.72. The van der Waals surface area contributed by atoms with Gasteiger partial charge in [0, 0.05) is 24.3 Å². The van der Waals surface area contributed by atoms with Crippen molar-refractivity contribution in [1.82, 2.24) is 4.90 Å². The molecule has 7 heteroatoms. The number of aliphatic imine (C=N–C) groups is 1. The Morgan fingerprint density at radius 3 is 2.88 bits per heavy atom. The van der Waals surface area contributed by atoms with Gasteiger partial charge in [0.1, 0.15) is 5.54 Å². The molecule has 0 radical (unpaired) electrons. The van der Waals surface area contributed by atoms with Crippen molar-refractivity contribution in [3.8, 4) is 0 Å². The Labute approximate surface area is 146 Å². The van der Waals surface area contributed by atoms with Crippen LogP contribution in [0.3, 0.4) is 0 Å². The molecule has 1 aromatic rings. The van der Waals surface area contributed by atoms with Gasteiger partial charge in [0.05, 0.1) is 11.9 Å². The number of amides is 1. The van der Waals surface area contributed by atoms with Crippen molar-refractivity contribution in [2.24, 2.45) is 4.99 Å². The first-order chi connectivity index (χ1) is 11.2. The molecule has 6 nitrogen and oxygen atoms in total. The lowest BCUT2D eigenvalue weighted by molar-refractivity contribution is 0.0609. The third-order valence-electron chi connectivity index (χ3n) is 4.41. The highest BCUT2D eigenvalue weighted by Crippen LogP contribution is 2.49. The number of carbonyl (C=O) groups is 1. The second-order valence-corrected chi connectivity index (χ2v) is 8.33. The second kappa shape index (κ2) is 5.97. The van der Waals surface area contributed by atoms with Crippen LogP contribution >= 0.6 is 11.8 Å². The molecule has 0 aliphatic carbocycles. The maximum absolute atomic E-state index is 11.8. The van der Waals surface area contributed by atoms with E-state index < -0.39 is 17.2 Å². The summed E-state index contributed by atoms with van der Waals surface area (Å²) in [6.07, 6.45) is -0.272. The Morgan fingerprint density at radius 2 is 2.25 bits per heavy atom. The van der Waals surface area contributed by atoms with Crippen LogP contribution in [0.5, 0.6) is 0 Å². The van der Waals surface area contributed by atoms with Crippen molar-refractivity contribution in [1.29, 1.82) is 0 Å². The molecular weight excluding hydrogens is 326 g/mol. The summed E-state index contributed by atoms with van der Waals surface area (Å²) in [4.78, 5) is 18.1. The molecule has 1 saturated heterocycles. The maximum Gasteiger partial charge on any atom is 0.413 e. The summed E-state index contributed by atoms with van der Waals surface area (Å²) in [5, 5.41) is 10.3. The van der Waals surface area contributed by atoms with Crippen molar-refractivity contribution in [2.45, 2.75) is 43.5 Å². The largest absolute Gasteiger partial charge is 0.465 e. The molecule has 1 amide bonds. The highest BCUT2D eigenvalue weighted by Gasteiger charge is 2.51. The fourth-order valence-electron chi connectivity index (χ4n) is 3.26. The lowest BCUT2D eigenvalue weighted by Gasteiger charge is -2.36. The Kier molecular flexibility index (Phi) is 4.25. The fourth-order valence-corrected chi connectivity index (χ4v) is 4.86. The lowest BCUT2D eigenvalue weighted by atomic mass is 9.83. The van der Waals surface area contributed by atoms with Crippen LogP contribution in [0.1, 0.15) is 32.8 Å². The summed E-state index contributed by atoms with van der Waals surface area (Å²) in [5.41, 5.74) is 6.63. The van der Waals surface area contributed by atoms with Gasteiger partial charge in [-0.25, -0.2) is 9.79 Å². The van der Waals surface area contributed by atoms with Crippen LogP contribution in [0, 0.1) is 0 Å². The van der Waals surface area contributed by atoms with Gasteiger partial charge in [0.25, 0.3) is 0 Å². The van der Waals surface area contributed by atoms with Crippen molar-refractivity contribution < 1.29 is 14.6 Å². The SMILES string of the molecule is CC(C)(C)N(C(=O)O)C1=NC2(c3cccc(N)c3)CCOCC2S1. The quantitative estimate of drug-likeness (QED) is 0.761. The molecule has 24 heavy (non-hydrogen) atoms. The number of nitrogens with two attached hydrogens (primary N) is 1. The average Bonchev–Trinajstić information content (AvgIpc) is 2.85. The molecule has 2 heterocycles. The Bertz CT molecular complexity index is 686. The molecule has 2 aliphatic heterocycles. The van der Waals surface area contributed by atoms with E-state index in [0.717, 1.165) is 12.0 Å². The number of anilines is 1. The molecule has 0 saturated carbocycles. The van der Waals surface area contributed by atoms with E-state index in [1.807, 2.05) is 45.0 Å². The Hall–Kier alpha value is -1.73. The van der Waals surface area contributed by atoms with Crippen LogP contribution in [0.25, 0.3) is 0 Å². The van der Waals surface area contributed by atoms with Gasteiger partial charge in [-0.1, -0.05) is 23.9 Å². The van der Waals surface area contributed by atoms with E-state index in [0.29, 0.717) is 24.1 Å². The predicted octanol–water partition coefficient (Wildman–Crippen LogP) is 3.13.